The van der Waals surface area contributed by atoms with E-state index >= 15 is 0 Å². The fourth-order valence-corrected chi connectivity index (χ4v) is 2.24. The molecule has 0 radical (unpaired) electrons. The number of hydrazone groups is 1. The molecule has 1 fully saturated rings. The zero-order valence-electron chi connectivity index (χ0n) is 13.6. The van der Waals surface area contributed by atoms with Crippen molar-refractivity contribution < 1.29 is 19.1 Å². The zero-order valence-corrected chi connectivity index (χ0v) is 13.6. The molecule has 2 unspecified atom stereocenters. The number of ether oxygens (including phenoxy) is 1. The predicted molar refractivity (Wildman–Crippen MR) is 88.3 cm³/mol. The normalized spacial score (nSPS) is 20.2. The summed E-state index contributed by atoms with van der Waals surface area (Å²) >= 11 is 0. The lowest BCUT2D eigenvalue weighted by Gasteiger charge is -2.22. The highest BCUT2D eigenvalue weighted by molar-refractivity contribution is 6.08. The Morgan fingerprint density at radius 2 is 2.00 bits per heavy atom. The quantitative estimate of drug-likeness (QED) is 0.255. The first-order valence-electron chi connectivity index (χ1n) is 7.43. The summed E-state index contributed by atoms with van der Waals surface area (Å²) in [6.07, 6.45) is 0.888. The number of ketones is 1. The van der Waals surface area contributed by atoms with Gasteiger partial charge in [0, 0.05) is 18.7 Å². The van der Waals surface area contributed by atoms with Crippen molar-refractivity contribution in [2.45, 2.75) is 31.9 Å². The van der Waals surface area contributed by atoms with Crippen molar-refractivity contribution in [1.82, 2.24) is 0 Å². The van der Waals surface area contributed by atoms with E-state index in [9.17, 15) is 14.4 Å². The van der Waals surface area contributed by atoms with E-state index in [0.717, 1.165) is 5.56 Å². The first kappa shape index (κ1) is 17.6. The molecule has 4 N–H and O–H groups in total. The number of carbonyl (C=O) groups excluding carboxylic acids is 3. The molecule has 128 valence electrons. The van der Waals surface area contributed by atoms with Crippen LogP contribution in [0.1, 0.15) is 25.8 Å². The van der Waals surface area contributed by atoms with Crippen molar-refractivity contribution >= 4 is 29.6 Å². The summed E-state index contributed by atoms with van der Waals surface area (Å²) < 4.78 is 5.15. The van der Waals surface area contributed by atoms with E-state index in [2.05, 4.69) is 5.10 Å². The van der Waals surface area contributed by atoms with E-state index in [0.29, 0.717) is 18.7 Å². The first-order chi connectivity index (χ1) is 11.3. The molecule has 1 saturated heterocycles. The van der Waals surface area contributed by atoms with Crippen molar-refractivity contribution in [1.29, 1.82) is 0 Å². The maximum atomic E-state index is 12.4. The molecule has 0 aliphatic carbocycles. The van der Waals surface area contributed by atoms with Crippen LogP contribution < -0.4 is 16.5 Å². The molecule has 2 atom stereocenters. The number of carbonyl (C=O) groups is 3. The summed E-state index contributed by atoms with van der Waals surface area (Å²) in [7, 11) is 0. The van der Waals surface area contributed by atoms with Gasteiger partial charge in [-0.2, -0.15) is 5.10 Å². The Labute approximate surface area is 139 Å². The summed E-state index contributed by atoms with van der Waals surface area (Å²) in [5, 5.41) is 3.43. The highest BCUT2D eigenvalue weighted by Crippen LogP contribution is 2.24. The standard InChI is InChI=1S/C16H20N4O4/c1-10(21)16(2,17)15(23)24-13-7-8-20(14(13)22)12-5-3-11(4-6-12)9-19-18/h3-6,9,13H,7-8,17-18H2,1-2H3. The number of nitrogens with two attached hydrogens (primary N) is 2. The summed E-state index contributed by atoms with van der Waals surface area (Å²) in [5.41, 5.74) is 5.37. The minimum absolute atomic E-state index is 0.338. The van der Waals surface area contributed by atoms with Crippen LogP contribution in [0.5, 0.6) is 0 Å². The number of hydrogen-bond acceptors (Lipinski definition) is 7. The fraction of sp³-hybridized carbons (Fsp3) is 0.375. The van der Waals surface area contributed by atoms with E-state index < -0.39 is 23.4 Å². The summed E-state index contributed by atoms with van der Waals surface area (Å²) in [6.45, 7) is 2.88. The first-order valence-corrected chi connectivity index (χ1v) is 7.43. The molecular weight excluding hydrogens is 312 g/mol. The minimum atomic E-state index is -1.75. The van der Waals surface area contributed by atoms with Crippen molar-refractivity contribution in [2.24, 2.45) is 16.7 Å². The molecule has 1 aromatic carbocycles. The SMILES string of the molecule is CC(=O)C(C)(N)C(=O)OC1CCN(c2ccc(C=NN)cc2)C1=O. The van der Waals surface area contributed by atoms with E-state index in [-0.39, 0.29) is 5.91 Å². The topological polar surface area (TPSA) is 128 Å². The smallest absolute Gasteiger partial charge is 0.334 e. The third-order valence-corrected chi connectivity index (χ3v) is 3.99. The van der Waals surface area contributed by atoms with Crippen LogP contribution in [0.15, 0.2) is 29.4 Å². The summed E-state index contributed by atoms with van der Waals surface area (Å²) in [6, 6.07) is 7.04. The maximum Gasteiger partial charge on any atom is 0.334 e. The van der Waals surface area contributed by atoms with Gasteiger partial charge in [-0.1, -0.05) is 12.1 Å². The van der Waals surface area contributed by atoms with Gasteiger partial charge in [0.25, 0.3) is 5.91 Å². The molecule has 8 nitrogen and oxygen atoms in total. The van der Waals surface area contributed by atoms with Crippen molar-refractivity contribution in [3.8, 4) is 0 Å². The van der Waals surface area contributed by atoms with E-state index in [4.69, 9.17) is 16.3 Å². The van der Waals surface area contributed by atoms with Crippen LogP contribution in [0.4, 0.5) is 5.69 Å². The van der Waals surface area contributed by atoms with Crippen LogP contribution >= 0.6 is 0 Å². The lowest BCUT2D eigenvalue weighted by Crippen LogP contribution is -2.53. The van der Waals surface area contributed by atoms with Crippen LogP contribution in [0.3, 0.4) is 0 Å². The van der Waals surface area contributed by atoms with Crippen LogP contribution in [0, 0.1) is 0 Å². The number of rotatable bonds is 5. The van der Waals surface area contributed by atoms with Gasteiger partial charge in [-0.3, -0.25) is 9.59 Å². The number of anilines is 1. The summed E-state index contributed by atoms with van der Waals surface area (Å²) in [5.74, 6) is 3.32. The van der Waals surface area contributed by atoms with Gasteiger partial charge in [0.2, 0.25) is 0 Å². The lowest BCUT2D eigenvalue weighted by molar-refractivity contribution is -0.160. The average molecular weight is 332 g/mol. The minimum Gasteiger partial charge on any atom is -0.450 e. The third kappa shape index (κ3) is 3.43. The van der Waals surface area contributed by atoms with Gasteiger partial charge in [0.15, 0.2) is 17.4 Å². The largest absolute Gasteiger partial charge is 0.450 e. The average Bonchev–Trinajstić information content (AvgIpc) is 2.89. The number of benzene rings is 1. The maximum absolute atomic E-state index is 12.4. The van der Waals surface area contributed by atoms with Gasteiger partial charge in [-0.25, -0.2) is 4.79 Å². The van der Waals surface area contributed by atoms with Gasteiger partial charge >= 0.3 is 5.97 Å². The van der Waals surface area contributed by atoms with E-state index in [1.54, 1.807) is 24.3 Å². The van der Waals surface area contributed by atoms with Gasteiger partial charge in [0.05, 0.1) is 6.21 Å². The molecule has 8 heteroatoms. The number of hydrogen-bond donors (Lipinski definition) is 2. The molecule has 1 aromatic rings. The van der Waals surface area contributed by atoms with Crippen LogP contribution in [-0.2, 0) is 19.1 Å². The highest BCUT2D eigenvalue weighted by atomic mass is 16.6. The molecule has 1 aliphatic heterocycles. The third-order valence-electron chi connectivity index (χ3n) is 3.99. The summed E-state index contributed by atoms with van der Waals surface area (Å²) in [4.78, 5) is 37.3. The van der Waals surface area contributed by atoms with Gasteiger partial charge in [-0.05, 0) is 31.5 Å². The Morgan fingerprint density at radius 1 is 1.38 bits per heavy atom. The molecule has 0 bridgehead atoms. The predicted octanol–water partition coefficient (Wildman–Crippen LogP) is -0.0659. The second kappa shape index (κ2) is 6.79. The second-order valence-corrected chi connectivity index (χ2v) is 5.80. The monoisotopic (exact) mass is 332 g/mol. The Kier molecular flexibility index (Phi) is 4.99. The van der Waals surface area contributed by atoms with Crippen molar-refractivity contribution in [2.75, 3.05) is 11.4 Å². The Hall–Kier alpha value is -2.74. The number of esters is 1. The van der Waals surface area contributed by atoms with Crippen molar-refractivity contribution in [3.63, 3.8) is 0 Å². The van der Waals surface area contributed by atoms with Crippen LogP contribution in [-0.4, -0.2) is 42.1 Å². The second-order valence-electron chi connectivity index (χ2n) is 5.80. The molecule has 0 saturated carbocycles. The molecule has 0 aromatic heterocycles. The van der Waals surface area contributed by atoms with Crippen molar-refractivity contribution in [3.05, 3.63) is 29.8 Å². The molecule has 1 heterocycles. The van der Waals surface area contributed by atoms with Gasteiger partial charge in [0.1, 0.15) is 0 Å². The van der Waals surface area contributed by atoms with E-state index in [1.807, 2.05) is 0 Å². The van der Waals surface area contributed by atoms with Crippen LogP contribution in [0.25, 0.3) is 0 Å². The molecule has 1 amide bonds. The molecule has 2 rings (SSSR count). The van der Waals surface area contributed by atoms with Gasteiger partial charge < -0.3 is 21.2 Å². The van der Waals surface area contributed by atoms with E-state index in [1.165, 1.54) is 25.0 Å². The number of Topliss-reactive ketones (excluding diaryl/α,β-unsaturated/α-hetero) is 1. The Morgan fingerprint density at radius 3 is 2.54 bits per heavy atom. The number of amides is 1. The lowest BCUT2D eigenvalue weighted by atomic mass is 9.99. The Balaban J connectivity index is 2.07. The fourth-order valence-electron chi connectivity index (χ4n) is 2.24. The molecule has 0 spiro atoms. The highest BCUT2D eigenvalue weighted by Gasteiger charge is 2.41. The molecule has 24 heavy (non-hydrogen) atoms. The molecular formula is C16H20N4O4. The number of nitrogens with zero attached hydrogens (tertiary/aromatic N) is 2. The molecule has 1 aliphatic rings. The van der Waals surface area contributed by atoms with Gasteiger partial charge in [-0.15, -0.1) is 0 Å². The van der Waals surface area contributed by atoms with Crippen LogP contribution in [0.2, 0.25) is 0 Å². The Bertz CT molecular complexity index is 682. The zero-order chi connectivity index (χ0) is 17.9.